The third kappa shape index (κ3) is 3.95. The van der Waals surface area contributed by atoms with E-state index in [1.54, 1.807) is 0 Å². The molecule has 98 valence electrons. The van der Waals surface area contributed by atoms with Gasteiger partial charge in [-0.3, -0.25) is 19.7 Å². The van der Waals surface area contributed by atoms with Crippen LogP contribution >= 0.6 is 15.9 Å². The molecule has 0 aliphatic rings. The van der Waals surface area contributed by atoms with Crippen molar-refractivity contribution in [3.63, 3.8) is 0 Å². The van der Waals surface area contributed by atoms with Gasteiger partial charge in [-0.05, 0) is 28.8 Å². The molecule has 0 aliphatic carbocycles. The molecule has 0 saturated heterocycles. The number of aliphatic carboxylic acids is 1. The molecular weight excluding hydrogens is 308 g/mol. The Bertz CT molecular complexity index is 525. The molecule has 0 unspecified atom stereocenters. The van der Waals surface area contributed by atoms with Crippen molar-refractivity contribution in [3.05, 3.63) is 37.2 Å². The summed E-state index contributed by atoms with van der Waals surface area (Å²) in [5, 5.41) is 19.1. The van der Waals surface area contributed by atoms with Gasteiger partial charge in [-0.1, -0.05) is 0 Å². The van der Waals surface area contributed by atoms with E-state index in [0.29, 0.717) is 12.8 Å². The van der Waals surface area contributed by atoms with Crippen molar-refractivity contribution < 1.29 is 14.8 Å². The monoisotopic (exact) mass is 318 g/mol. The van der Waals surface area contributed by atoms with E-state index >= 15 is 0 Å². The summed E-state index contributed by atoms with van der Waals surface area (Å²) in [5.41, 5.74) is -0.546. The molecule has 7 nitrogen and oxygen atoms in total. The van der Waals surface area contributed by atoms with Gasteiger partial charge in [0.25, 0.3) is 11.2 Å². The number of nitrogens with zero attached hydrogens (tertiary/aromatic N) is 2. The van der Waals surface area contributed by atoms with Gasteiger partial charge in [-0.25, -0.2) is 0 Å². The number of hydrogen-bond acceptors (Lipinski definition) is 4. The van der Waals surface area contributed by atoms with E-state index in [1.807, 2.05) is 0 Å². The molecular formula is C10H11BrN2O5. The maximum atomic E-state index is 11.6. The van der Waals surface area contributed by atoms with Crippen molar-refractivity contribution in [3.8, 4) is 0 Å². The van der Waals surface area contributed by atoms with Gasteiger partial charge in [-0.15, -0.1) is 0 Å². The normalized spacial score (nSPS) is 10.3. The van der Waals surface area contributed by atoms with Gasteiger partial charge >= 0.3 is 5.97 Å². The maximum Gasteiger partial charge on any atom is 0.303 e. The molecule has 1 N–H and O–H groups in total. The first-order valence-corrected chi connectivity index (χ1v) is 5.97. The number of nitro groups is 1. The molecule has 1 rings (SSSR count). The molecule has 1 aromatic rings. The first-order chi connectivity index (χ1) is 8.41. The summed E-state index contributed by atoms with van der Waals surface area (Å²) in [5.74, 6) is -0.900. The molecule has 8 heteroatoms. The number of halogens is 1. The van der Waals surface area contributed by atoms with Gasteiger partial charge in [0, 0.05) is 19.0 Å². The van der Waals surface area contributed by atoms with E-state index in [1.165, 1.54) is 4.57 Å². The molecule has 0 aliphatic heterocycles. The SMILES string of the molecule is O=C(O)CCCCn1cc([N+](=O)[O-])cc(Br)c1=O. The van der Waals surface area contributed by atoms with E-state index in [9.17, 15) is 19.7 Å². The van der Waals surface area contributed by atoms with Crippen molar-refractivity contribution in [1.29, 1.82) is 0 Å². The van der Waals surface area contributed by atoms with Crippen LogP contribution in [0, 0.1) is 10.1 Å². The molecule has 0 bridgehead atoms. The minimum absolute atomic E-state index is 0.0187. The molecule has 0 spiro atoms. The molecule has 0 fully saturated rings. The Morgan fingerprint density at radius 2 is 2.17 bits per heavy atom. The lowest BCUT2D eigenvalue weighted by atomic mass is 10.2. The lowest BCUT2D eigenvalue weighted by molar-refractivity contribution is -0.385. The number of hydrogen-bond donors (Lipinski definition) is 1. The van der Waals surface area contributed by atoms with Gasteiger partial charge in [0.15, 0.2) is 0 Å². The highest BCUT2D eigenvalue weighted by Gasteiger charge is 2.12. The van der Waals surface area contributed by atoms with Crippen LogP contribution in [0.3, 0.4) is 0 Å². The van der Waals surface area contributed by atoms with E-state index in [-0.39, 0.29) is 28.7 Å². The third-order valence-electron chi connectivity index (χ3n) is 2.28. The van der Waals surface area contributed by atoms with E-state index < -0.39 is 10.9 Å². The standard InChI is InChI=1S/C10H11BrN2O5/c11-8-5-7(13(17)18)6-12(10(8)16)4-2-1-3-9(14)15/h5-6H,1-4H2,(H,14,15). The summed E-state index contributed by atoms with van der Waals surface area (Å²) in [7, 11) is 0. The van der Waals surface area contributed by atoms with Crippen LogP contribution in [-0.2, 0) is 11.3 Å². The summed E-state index contributed by atoms with van der Waals surface area (Å²) in [6, 6.07) is 1.15. The van der Waals surface area contributed by atoms with Crippen molar-refractivity contribution in [2.24, 2.45) is 0 Å². The molecule has 0 saturated carbocycles. The van der Waals surface area contributed by atoms with Gasteiger partial charge in [0.2, 0.25) is 0 Å². The van der Waals surface area contributed by atoms with Crippen LogP contribution in [0.15, 0.2) is 21.5 Å². The van der Waals surface area contributed by atoms with E-state index in [4.69, 9.17) is 5.11 Å². The minimum Gasteiger partial charge on any atom is -0.481 e. The smallest absolute Gasteiger partial charge is 0.303 e. The third-order valence-corrected chi connectivity index (χ3v) is 2.85. The molecule has 0 aromatic carbocycles. The summed E-state index contributed by atoms with van der Waals surface area (Å²) in [6.45, 7) is 0.256. The number of rotatable bonds is 6. The van der Waals surface area contributed by atoms with Gasteiger partial charge < -0.3 is 9.67 Å². The Morgan fingerprint density at radius 3 is 2.72 bits per heavy atom. The molecule has 0 radical (unpaired) electrons. The summed E-state index contributed by atoms with van der Waals surface area (Å²) < 4.78 is 1.33. The van der Waals surface area contributed by atoms with Crippen molar-refractivity contribution in [2.45, 2.75) is 25.8 Å². The Morgan fingerprint density at radius 1 is 1.50 bits per heavy atom. The zero-order valence-electron chi connectivity index (χ0n) is 9.34. The van der Waals surface area contributed by atoms with Crippen LogP contribution in [0.4, 0.5) is 5.69 Å². The molecule has 18 heavy (non-hydrogen) atoms. The minimum atomic E-state index is -0.900. The lowest BCUT2D eigenvalue weighted by Gasteiger charge is -2.05. The van der Waals surface area contributed by atoms with Crippen LogP contribution in [-0.4, -0.2) is 20.6 Å². The van der Waals surface area contributed by atoms with E-state index in [2.05, 4.69) is 15.9 Å². The van der Waals surface area contributed by atoms with E-state index in [0.717, 1.165) is 12.3 Å². The largest absolute Gasteiger partial charge is 0.481 e. The van der Waals surface area contributed by atoms with Crippen LogP contribution < -0.4 is 5.56 Å². The average molecular weight is 319 g/mol. The van der Waals surface area contributed by atoms with Crippen LogP contribution in [0.1, 0.15) is 19.3 Å². The number of aromatic nitrogens is 1. The van der Waals surface area contributed by atoms with Crippen LogP contribution in [0.2, 0.25) is 0 Å². The summed E-state index contributed by atoms with van der Waals surface area (Å²) >= 11 is 2.97. The second-order valence-electron chi connectivity index (χ2n) is 3.65. The molecule has 1 heterocycles. The van der Waals surface area contributed by atoms with Crippen molar-refractivity contribution in [2.75, 3.05) is 0 Å². The average Bonchev–Trinajstić information content (AvgIpc) is 2.28. The molecule has 0 amide bonds. The zero-order chi connectivity index (χ0) is 13.7. The molecule has 1 aromatic heterocycles. The highest BCUT2D eigenvalue weighted by molar-refractivity contribution is 9.10. The fraction of sp³-hybridized carbons (Fsp3) is 0.400. The second kappa shape index (κ2) is 6.29. The Kier molecular flexibility index (Phi) is 5.02. The van der Waals surface area contributed by atoms with Gasteiger partial charge in [0.1, 0.15) is 0 Å². The molecule has 0 atom stereocenters. The Labute approximate surface area is 110 Å². The van der Waals surface area contributed by atoms with Crippen molar-refractivity contribution in [1.82, 2.24) is 4.57 Å². The van der Waals surface area contributed by atoms with Gasteiger partial charge in [0.05, 0.1) is 15.6 Å². The number of unbranched alkanes of at least 4 members (excludes halogenated alkanes) is 1. The Hall–Kier alpha value is -1.70. The summed E-state index contributed by atoms with van der Waals surface area (Å²) in [4.78, 5) is 32.0. The number of carbonyl (C=O) groups is 1. The lowest BCUT2D eigenvalue weighted by Crippen LogP contribution is -2.20. The number of carboxylic acid groups (broad SMARTS) is 1. The maximum absolute atomic E-state index is 11.6. The van der Waals surface area contributed by atoms with Crippen LogP contribution in [0.25, 0.3) is 0 Å². The Balaban J connectivity index is 2.78. The fourth-order valence-corrected chi connectivity index (χ4v) is 1.87. The highest BCUT2D eigenvalue weighted by Crippen LogP contribution is 2.14. The highest BCUT2D eigenvalue weighted by atomic mass is 79.9. The number of pyridine rings is 1. The first kappa shape index (κ1) is 14.4. The predicted octanol–water partition coefficient (Wildman–Crippen LogP) is 1.77. The predicted molar refractivity (Wildman–Crippen MR) is 66.5 cm³/mol. The zero-order valence-corrected chi connectivity index (χ0v) is 10.9. The van der Waals surface area contributed by atoms with Gasteiger partial charge in [-0.2, -0.15) is 0 Å². The second-order valence-corrected chi connectivity index (χ2v) is 4.51. The summed E-state index contributed by atoms with van der Waals surface area (Å²) in [6.07, 6.45) is 2.07. The topological polar surface area (TPSA) is 102 Å². The number of carboxylic acids is 1. The van der Waals surface area contributed by atoms with Crippen LogP contribution in [0.5, 0.6) is 0 Å². The fourth-order valence-electron chi connectivity index (χ4n) is 1.41. The number of aryl methyl sites for hydroxylation is 1. The first-order valence-electron chi connectivity index (χ1n) is 5.18. The van der Waals surface area contributed by atoms with Crippen molar-refractivity contribution >= 4 is 27.6 Å². The quantitative estimate of drug-likeness (QED) is 0.489.